The van der Waals surface area contributed by atoms with Gasteiger partial charge in [0.1, 0.15) is 11.9 Å². The van der Waals surface area contributed by atoms with Gasteiger partial charge in [-0.3, -0.25) is 0 Å². The summed E-state index contributed by atoms with van der Waals surface area (Å²) in [6, 6.07) is 2.96. The van der Waals surface area contributed by atoms with Crippen LogP contribution < -0.4 is 10.2 Å². The van der Waals surface area contributed by atoms with Crippen molar-refractivity contribution in [2.75, 3.05) is 18.0 Å². The Morgan fingerprint density at radius 3 is 2.78 bits per heavy atom. The zero-order chi connectivity index (χ0) is 13.0. The summed E-state index contributed by atoms with van der Waals surface area (Å²) < 4.78 is 0. The van der Waals surface area contributed by atoms with E-state index in [0.717, 1.165) is 31.7 Å². The van der Waals surface area contributed by atoms with Gasteiger partial charge in [0, 0.05) is 25.2 Å². The van der Waals surface area contributed by atoms with Gasteiger partial charge < -0.3 is 10.2 Å². The third kappa shape index (κ3) is 2.59. The predicted octanol–water partition coefficient (Wildman–Crippen LogP) is 1.32. The molecule has 96 valence electrons. The normalized spacial score (nSPS) is 23.7. The van der Waals surface area contributed by atoms with Gasteiger partial charge in [-0.2, -0.15) is 5.26 Å². The van der Waals surface area contributed by atoms with Gasteiger partial charge in [-0.1, -0.05) is 13.8 Å². The molecule has 1 aliphatic heterocycles. The molecule has 0 amide bonds. The number of rotatable bonds is 3. The number of piperazine rings is 1. The van der Waals surface area contributed by atoms with E-state index in [1.54, 1.807) is 12.4 Å². The fourth-order valence-corrected chi connectivity index (χ4v) is 2.31. The highest BCUT2D eigenvalue weighted by molar-refractivity contribution is 5.40. The Hall–Kier alpha value is -1.67. The molecule has 0 saturated carbocycles. The summed E-state index contributed by atoms with van der Waals surface area (Å²) in [5.74, 6) is 0.876. The van der Waals surface area contributed by atoms with Crippen LogP contribution in [0.25, 0.3) is 0 Å². The van der Waals surface area contributed by atoms with Crippen LogP contribution in [0.3, 0.4) is 0 Å². The third-order valence-corrected chi connectivity index (χ3v) is 3.51. The van der Waals surface area contributed by atoms with Gasteiger partial charge in [0.05, 0.1) is 12.4 Å². The molecule has 1 aromatic rings. The van der Waals surface area contributed by atoms with Crippen LogP contribution >= 0.6 is 0 Å². The van der Waals surface area contributed by atoms with Crippen molar-refractivity contribution in [3.8, 4) is 6.07 Å². The van der Waals surface area contributed by atoms with E-state index in [9.17, 15) is 0 Å². The van der Waals surface area contributed by atoms with Crippen molar-refractivity contribution >= 4 is 5.82 Å². The molecule has 1 aliphatic rings. The lowest BCUT2D eigenvalue weighted by Crippen LogP contribution is -2.56. The van der Waals surface area contributed by atoms with Gasteiger partial charge in [0.25, 0.3) is 0 Å². The van der Waals surface area contributed by atoms with E-state index in [2.05, 4.69) is 34.0 Å². The monoisotopic (exact) mass is 245 g/mol. The van der Waals surface area contributed by atoms with Crippen molar-refractivity contribution in [2.45, 2.75) is 38.8 Å². The molecule has 0 aromatic carbocycles. The second kappa shape index (κ2) is 5.78. The van der Waals surface area contributed by atoms with Crippen molar-refractivity contribution in [3.63, 3.8) is 0 Å². The number of nitrogens with zero attached hydrogens (tertiary/aromatic N) is 4. The average Bonchev–Trinajstić information content (AvgIpc) is 2.46. The summed E-state index contributed by atoms with van der Waals surface area (Å²) in [5.41, 5.74) is 0.369. The van der Waals surface area contributed by atoms with Gasteiger partial charge in [-0.15, -0.1) is 0 Å². The SMILES string of the molecule is CCC1CN(c2cnc(C#N)cn2)C(CC)CN1. The summed E-state index contributed by atoms with van der Waals surface area (Å²) in [6.07, 6.45) is 5.44. The molecule has 0 bridgehead atoms. The average molecular weight is 245 g/mol. The minimum atomic E-state index is 0.369. The molecule has 1 N–H and O–H groups in total. The minimum Gasteiger partial charge on any atom is -0.350 e. The molecule has 2 rings (SSSR count). The molecule has 0 aliphatic carbocycles. The molecular formula is C13H19N5. The standard InChI is InChI=1S/C13H19N5/c1-3-10-9-18(12(4-2)7-15-10)13-8-16-11(5-14)6-17-13/h6,8,10,12,15H,3-4,7,9H2,1-2H3. The maximum absolute atomic E-state index is 8.74. The minimum absolute atomic E-state index is 0.369. The predicted molar refractivity (Wildman–Crippen MR) is 70.3 cm³/mol. The Morgan fingerprint density at radius 2 is 2.22 bits per heavy atom. The van der Waals surface area contributed by atoms with E-state index in [4.69, 9.17) is 5.26 Å². The molecule has 2 heterocycles. The quantitative estimate of drug-likeness (QED) is 0.870. The first-order valence-corrected chi connectivity index (χ1v) is 6.50. The molecule has 0 spiro atoms. The number of hydrogen-bond acceptors (Lipinski definition) is 5. The summed E-state index contributed by atoms with van der Waals surface area (Å²) in [7, 11) is 0. The van der Waals surface area contributed by atoms with Crippen molar-refractivity contribution in [2.24, 2.45) is 0 Å². The highest BCUT2D eigenvalue weighted by Crippen LogP contribution is 2.19. The molecule has 18 heavy (non-hydrogen) atoms. The second-order valence-corrected chi connectivity index (χ2v) is 4.60. The Kier molecular flexibility index (Phi) is 4.11. The molecule has 5 heteroatoms. The van der Waals surface area contributed by atoms with E-state index < -0.39 is 0 Å². The largest absolute Gasteiger partial charge is 0.350 e. The van der Waals surface area contributed by atoms with Crippen LogP contribution in [-0.4, -0.2) is 35.1 Å². The van der Waals surface area contributed by atoms with Gasteiger partial charge in [-0.05, 0) is 12.8 Å². The highest BCUT2D eigenvalue weighted by atomic mass is 15.3. The first-order valence-electron chi connectivity index (χ1n) is 6.50. The zero-order valence-corrected chi connectivity index (χ0v) is 10.9. The van der Waals surface area contributed by atoms with Crippen LogP contribution in [0.4, 0.5) is 5.82 Å². The molecule has 1 aromatic heterocycles. The maximum Gasteiger partial charge on any atom is 0.158 e. The highest BCUT2D eigenvalue weighted by Gasteiger charge is 2.26. The van der Waals surface area contributed by atoms with E-state index in [0.29, 0.717) is 17.8 Å². The van der Waals surface area contributed by atoms with Crippen LogP contribution in [-0.2, 0) is 0 Å². The van der Waals surface area contributed by atoms with Crippen molar-refractivity contribution in [1.82, 2.24) is 15.3 Å². The summed E-state index contributed by atoms with van der Waals surface area (Å²) >= 11 is 0. The number of aromatic nitrogens is 2. The lowest BCUT2D eigenvalue weighted by Gasteiger charge is -2.40. The van der Waals surface area contributed by atoms with E-state index in [-0.39, 0.29) is 0 Å². The van der Waals surface area contributed by atoms with E-state index >= 15 is 0 Å². The maximum atomic E-state index is 8.74. The first-order chi connectivity index (χ1) is 8.78. The fourth-order valence-electron chi connectivity index (χ4n) is 2.31. The molecule has 2 unspecified atom stereocenters. The molecule has 1 saturated heterocycles. The van der Waals surface area contributed by atoms with Crippen LogP contribution in [0.2, 0.25) is 0 Å². The van der Waals surface area contributed by atoms with Crippen LogP contribution in [0.1, 0.15) is 32.4 Å². The summed E-state index contributed by atoms with van der Waals surface area (Å²) in [5, 5.41) is 12.3. The Morgan fingerprint density at radius 1 is 1.39 bits per heavy atom. The fraction of sp³-hybridized carbons (Fsp3) is 0.615. The number of nitriles is 1. The van der Waals surface area contributed by atoms with Gasteiger partial charge in [0.15, 0.2) is 5.69 Å². The van der Waals surface area contributed by atoms with Crippen molar-refractivity contribution < 1.29 is 0 Å². The van der Waals surface area contributed by atoms with Gasteiger partial charge in [-0.25, -0.2) is 9.97 Å². The Labute approximate surface area is 108 Å². The Bertz CT molecular complexity index is 422. The van der Waals surface area contributed by atoms with Gasteiger partial charge in [0.2, 0.25) is 0 Å². The van der Waals surface area contributed by atoms with Crippen molar-refractivity contribution in [3.05, 3.63) is 18.1 Å². The van der Waals surface area contributed by atoms with Crippen LogP contribution in [0, 0.1) is 11.3 Å². The van der Waals surface area contributed by atoms with Gasteiger partial charge >= 0.3 is 0 Å². The number of anilines is 1. The second-order valence-electron chi connectivity index (χ2n) is 4.60. The van der Waals surface area contributed by atoms with Crippen LogP contribution in [0.15, 0.2) is 12.4 Å². The zero-order valence-electron chi connectivity index (χ0n) is 10.9. The first kappa shape index (κ1) is 12.8. The summed E-state index contributed by atoms with van der Waals surface area (Å²) in [4.78, 5) is 10.8. The smallest absolute Gasteiger partial charge is 0.158 e. The van der Waals surface area contributed by atoms with Crippen LogP contribution in [0.5, 0.6) is 0 Å². The van der Waals surface area contributed by atoms with Crippen molar-refractivity contribution in [1.29, 1.82) is 5.26 Å². The topological polar surface area (TPSA) is 64.8 Å². The molecular weight excluding hydrogens is 226 g/mol. The molecule has 1 fully saturated rings. The number of nitrogens with one attached hydrogen (secondary N) is 1. The van der Waals surface area contributed by atoms with E-state index in [1.165, 1.54) is 0 Å². The molecule has 0 radical (unpaired) electrons. The third-order valence-electron chi connectivity index (χ3n) is 3.51. The lowest BCUT2D eigenvalue weighted by molar-refractivity contribution is 0.376. The number of hydrogen-bond donors (Lipinski definition) is 1. The summed E-state index contributed by atoms with van der Waals surface area (Å²) in [6.45, 7) is 6.31. The molecule has 2 atom stereocenters. The lowest BCUT2D eigenvalue weighted by atomic mass is 10.1. The Balaban J connectivity index is 2.18. The van der Waals surface area contributed by atoms with E-state index in [1.807, 2.05) is 6.07 Å². The molecule has 5 nitrogen and oxygen atoms in total.